The molecule has 0 aliphatic heterocycles. The normalized spacial score (nSPS) is 15.2. The molecule has 1 aliphatic rings. The molecule has 1 amide bonds. The van der Waals surface area contributed by atoms with Crippen molar-refractivity contribution in [2.45, 2.75) is 32.6 Å². The van der Waals surface area contributed by atoms with Crippen LogP contribution in [-0.2, 0) is 0 Å². The van der Waals surface area contributed by atoms with E-state index in [2.05, 4.69) is 15.3 Å². The van der Waals surface area contributed by atoms with E-state index in [1.54, 1.807) is 9.42 Å². The quantitative estimate of drug-likeness (QED) is 0.841. The molecule has 0 aromatic carbocycles. The molecule has 2 heterocycles. The summed E-state index contributed by atoms with van der Waals surface area (Å²) in [4.78, 5) is 14.7. The molecule has 1 fully saturated rings. The molecule has 1 saturated carbocycles. The number of carbonyl (C=O) groups is 1. The smallest absolute Gasteiger partial charge is 0.284 e. The van der Waals surface area contributed by atoms with Crippen LogP contribution >= 0.6 is 11.3 Å². The number of rotatable bonds is 4. The first-order chi connectivity index (χ1) is 8.74. The van der Waals surface area contributed by atoms with Gasteiger partial charge in [-0.25, -0.2) is 0 Å². The highest BCUT2D eigenvalue weighted by atomic mass is 32.1. The molecular weight excluding hydrogens is 250 g/mol. The van der Waals surface area contributed by atoms with E-state index in [-0.39, 0.29) is 5.91 Å². The largest absolute Gasteiger partial charge is 0.337 e. The summed E-state index contributed by atoms with van der Waals surface area (Å²) in [6.45, 7) is 5.34. The van der Waals surface area contributed by atoms with Gasteiger partial charge in [-0.1, -0.05) is 11.3 Å². The van der Waals surface area contributed by atoms with E-state index in [4.69, 9.17) is 0 Å². The van der Waals surface area contributed by atoms with Crippen molar-refractivity contribution < 1.29 is 4.79 Å². The van der Waals surface area contributed by atoms with Gasteiger partial charge in [0, 0.05) is 19.0 Å². The van der Waals surface area contributed by atoms with Crippen molar-refractivity contribution in [3.05, 3.63) is 10.8 Å². The average Bonchev–Trinajstić information content (AvgIpc) is 3.00. The van der Waals surface area contributed by atoms with Crippen molar-refractivity contribution in [3.63, 3.8) is 0 Å². The number of amides is 1. The van der Waals surface area contributed by atoms with Crippen LogP contribution in [0.4, 0.5) is 0 Å². The lowest BCUT2D eigenvalue weighted by molar-refractivity contribution is 0.0771. The zero-order chi connectivity index (χ0) is 12.7. The van der Waals surface area contributed by atoms with Crippen LogP contribution in [0.15, 0.2) is 0 Å². The summed E-state index contributed by atoms with van der Waals surface area (Å²) in [7, 11) is 0. The van der Waals surface area contributed by atoms with Gasteiger partial charge in [0.2, 0.25) is 9.97 Å². The first-order valence-electron chi connectivity index (χ1n) is 6.26. The van der Waals surface area contributed by atoms with Gasteiger partial charge in [0.1, 0.15) is 0 Å². The molecule has 3 rings (SSSR count). The molecule has 0 spiro atoms. The number of hydrogen-bond donors (Lipinski definition) is 0. The Morgan fingerprint density at radius 3 is 2.72 bits per heavy atom. The minimum atomic E-state index is -0.0164. The van der Waals surface area contributed by atoms with Gasteiger partial charge in [0.25, 0.3) is 5.91 Å². The third kappa shape index (κ3) is 1.78. The maximum Gasteiger partial charge on any atom is 0.284 e. The van der Waals surface area contributed by atoms with Crippen LogP contribution in [0.25, 0.3) is 4.96 Å². The second-order valence-electron chi connectivity index (χ2n) is 4.41. The van der Waals surface area contributed by atoms with E-state index in [9.17, 15) is 4.79 Å². The summed E-state index contributed by atoms with van der Waals surface area (Å²) < 4.78 is 1.74. The van der Waals surface area contributed by atoms with Gasteiger partial charge < -0.3 is 4.90 Å². The minimum Gasteiger partial charge on any atom is -0.337 e. The fourth-order valence-electron chi connectivity index (χ4n) is 1.96. The Labute approximate surface area is 109 Å². The van der Waals surface area contributed by atoms with Gasteiger partial charge in [0.05, 0.1) is 0 Å². The Morgan fingerprint density at radius 2 is 2.11 bits per heavy atom. The molecule has 0 atom stereocenters. The predicted octanol–water partition coefficient (Wildman–Crippen LogP) is 1.55. The third-order valence-electron chi connectivity index (χ3n) is 3.19. The molecule has 2 aromatic heterocycles. The highest BCUT2D eigenvalue weighted by Crippen LogP contribution is 2.39. The number of aromatic nitrogens is 4. The second-order valence-corrected chi connectivity index (χ2v) is 5.37. The Bertz CT molecular complexity index is 581. The fourth-order valence-corrected chi connectivity index (χ4v) is 2.77. The van der Waals surface area contributed by atoms with Crippen molar-refractivity contribution in [2.24, 2.45) is 0 Å². The van der Waals surface area contributed by atoms with E-state index in [0.717, 1.165) is 18.7 Å². The van der Waals surface area contributed by atoms with Crippen molar-refractivity contribution in [1.29, 1.82) is 0 Å². The molecule has 0 saturated heterocycles. The average molecular weight is 265 g/mol. The van der Waals surface area contributed by atoms with Crippen molar-refractivity contribution in [1.82, 2.24) is 24.7 Å². The van der Waals surface area contributed by atoms with Gasteiger partial charge in [0.15, 0.2) is 5.82 Å². The molecule has 6 nitrogen and oxygen atoms in total. The highest BCUT2D eigenvalue weighted by molar-refractivity contribution is 7.18. The summed E-state index contributed by atoms with van der Waals surface area (Å²) in [5.74, 6) is 1.37. The zero-order valence-corrected chi connectivity index (χ0v) is 11.3. The summed E-state index contributed by atoms with van der Waals surface area (Å²) in [5, 5.41) is 13.1. The van der Waals surface area contributed by atoms with Gasteiger partial charge >= 0.3 is 0 Å². The van der Waals surface area contributed by atoms with E-state index >= 15 is 0 Å². The lowest BCUT2D eigenvalue weighted by atomic mass is 10.4. The second kappa shape index (κ2) is 4.31. The standard InChI is InChI=1S/C11H15N5OS/c1-3-15(4-2)10(17)9-14-16-8(7-5-6-7)12-13-11(16)18-9/h7H,3-6H2,1-2H3. The third-order valence-corrected chi connectivity index (χ3v) is 4.08. The van der Waals surface area contributed by atoms with E-state index in [1.165, 1.54) is 11.3 Å². The number of carbonyl (C=O) groups excluding carboxylic acids is 1. The number of nitrogens with zero attached hydrogens (tertiary/aromatic N) is 5. The lowest BCUT2D eigenvalue weighted by Crippen LogP contribution is -2.30. The van der Waals surface area contributed by atoms with Gasteiger partial charge in [-0.15, -0.1) is 15.3 Å². The highest BCUT2D eigenvalue weighted by Gasteiger charge is 2.30. The number of fused-ring (bicyclic) bond motifs is 1. The molecule has 0 radical (unpaired) electrons. The Balaban J connectivity index is 1.95. The molecule has 18 heavy (non-hydrogen) atoms. The van der Waals surface area contributed by atoms with Crippen LogP contribution in [0.2, 0.25) is 0 Å². The maximum atomic E-state index is 12.2. The minimum absolute atomic E-state index is 0.0164. The van der Waals surface area contributed by atoms with E-state index in [0.29, 0.717) is 29.0 Å². The lowest BCUT2D eigenvalue weighted by Gasteiger charge is -2.16. The molecule has 0 unspecified atom stereocenters. The monoisotopic (exact) mass is 265 g/mol. The first-order valence-corrected chi connectivity index (χ1v) is 7.07. The molecule has 0 N–H and O–H groups in total. The van der Waals surface area contributed by atoms with Crippen molar-refractivity contribution in [3.8, 4) is 0 Å². The topological polar surface area (TPSA) is 63.4 Å². The summed E-state index contributed by atoms with van der Waals surface area (Å²) in [5.41, 5.74) is 0. The Morgan fingerprint density at radius 1 is 1.39 bits per heavy atom. The van der Waals surface area contributed by atoms with Crippen molar-refractivity contribution >= 4 is 22.2 Å². The predicted molar refractivity (Wildman–Crippen MR) is 67.9 cm³/mol. The van der Waals surface area contributed by atoms with E-state index in [1.807, 2.05) is 13.8 Å². The molecule has 7 heteroatoms. The Hall–Kier alpha value is -1.50. The molecule has 1 aliphatic carbocycles. The SMILES string of the molecule is CCN(CC)C(=O)c1nn2c(C3CC3)nnc2s1. The van der Waals surface area contributed by atoms with Crippen molar-refractivity contribution in [2.75, 3.05) is 13.1 Å². The fraction of sp³-hybridized carbons (Fsp3) is 0.636. The van der Waals surface area contributed by atoms with Gasteiger partial charge in [-0.05, 0) is 26.7 Å². The van der Waals surface area contributed by atoms with Crippen LogP contribution in [-0.4, -0.2) is 43.7 Å². The van der Waals surface area contributed by atoms with Crippen LogP contribution < -0.4 is 0 Å². The number of hydrogen-bond acceptors (Lipinski definition) is 5. The molecule has 2 aromatic rings. The molecular formula is C11H15N5OS. The Kier molecular flexibility index (Phi) is 2.77. The molecule has 96 valence electrons. The van der Waals surface area contributed by atoms with Crippen LogP contribution in [0.3, 0.4) is 0 Å². The van der Waals surface area contributed by atoms with Gasteiger partial charge in [-0.3, -0.25) is 4.79 Å². The van der Waals surface area contributed by atoms with Gasteiger partial charge in [-0.2, -0.15) is 4.52 Å². The van der Waals surface area contributed by atoms with Crippen LogP contribution in [0.1, 0.15) is 48.2 Å². The maximum absolute atomic E-state index is 12.2. The zero-order valence-electron chi connectivity index (χ0n) is 10.5. The summed E-state index contributed by atoms with van der Waals surface area (Å²) in [6, 6.07) is 0. The molecule has 0 bridgehead atoms. The van der Waals surface area contributed by atoms with Crippen LogP contribution in [0, 0.1) is 0 Å². The van der Waals surface area contributed by atoms with E-state index < -0.39 is 0 Å². The summed E-state index contributed by atoms with van der Waals surface area (Å²) >= 11 is 1.32. The first kappa shape index (κ1) is 11.6. The summed E-state index contributed by atoms with van der Waals surface area (Å²) in [6.07, 6.45) is 2.30. The van der Waals surface area contributed by atoms with Crippen LogP contribution in [0.5, 0.6) is 0 Å².